The summed E-state index contributed by atoms with van der Waals surface area (Å²) in [4.78, 5) is 4.38. The van der Waals surface area contributed by atoms with E-state index in [0.29, 0.717) is 0 Å². The highest BCUT2D eigenvalue weighted by atomic mass is 14.7. The number of nitrogens with zero attached hydrogens (tertiary/aromatic N) is 1. The molecule has 0 saturated carbocycles. The minimum Gasteiger partial charge on any atom is -0.257 e. The molecule has 1 aromatic heterocycles. The van der Waals surface area contributed by atoms with Gasteiger partial charge in [0.05, 0.1) is 5.69 Å². The molecule has 0 spiro atoms. The van der Waals surface area contributed by atoms with E-state index in [1.165, 1.54) is 22.3 Å². The van der Waals surface area contributed by atoms with Crippen LogP contribution in [0.15, 0.2) is 42.6 Å². The maximum absolute atomic E-state index is 4.38. The van der Waals surface area contributed by atoms with Gasteiger partial charge in [0.15, 0.2) is 0 Å². The molecular formula is C15H13N. The molecule has 1 aliphatic rings. The topological polar surface area (TPSA) is 12.9 Å². The van der Waals surface area contributed by atoms with Gasteiger partial charge in [0.1, 0.15) is 0 Å². The van der Waals surface area contributed by atoms with Gasteiger partial charge in [-0.3, -0.25) is 4.98 Å². The van der Waals surface area contributed by atoms with Gasteiger partial charge in [0.25, 0.3) is 0 Å². The van der Waals surface area contributed by atoms with Crippen molar-refractivity contribution in [3.63, 3.8) is 0 Å². The first-order valence-corrected chi connectivity index (χ1v) is 5.54. The van der Waals surface area contributed by atoms with E-state index in [9.17, 15) is 0 Å². The maximum Gasteiger partial charge on any atom is 0.0668 e. The molecule has 1 nitrogen and oxygen atoms in total. The van der Waals surface area contributed by atoms with Crippen molar-refractivity contribution in [2.24, 2.45) is 0 Å². The van der Waals surface area contributed by atoms with Crippen LogP contribution < -0.4 is 0 Å². The molecule has 0 atom stereocenters. The van der Waals surface area contributed by atoms with Gasteiger partial charge >= 0.3 is 0 Å². The molecule has 78 valence electrons. The summed E-state index contributed by atoms with van der Waals surface area (Å²) in [5, 5.41) is 0. The molecule has 0 aliphatic heterocycles. The molecule has 0 bridgehead atoms. The van der Waals surface area contributed by atoms with Crippen LogP contribution in [-0.4, -0.2) is 4.98 Å². The van der Waals surface area contributed by atoms with Crippen LogP contribution in [0.1, 0.15) is 22.4 Å². The second-order valence-corrected chi connectivity index (χ2v) is 4.26. The fourth-order valence-corrected chi connectivity index (χ4v) is 2.10. The zero-order valence-corrected chi connectivity index (χ0v) is 9.27. The lowest BCUT2D eigenvalue weighted by molar-refractivity contribution is 1.21. The van der Waals surface area contributed by atoms with Crippen LogP contribution in [0.4, 0.5) is 0 Å². The third-order valence-electron chi connectivity index (χ3n) is 3.04. The zero-order chi connectivity index (χ0) is 11.0. The monoisotopic (exact) mass is 207 g/mol. The predicted molar refractivity (Wildman–Crippen MR) is 67.0 cm³/mol. The lowest BCUT2D eigenvalue weighted by Gasteiger charge is -2.02. The van der Waals surface area contributed by atoms with Crippen LogP contribution in [0.3, 0.4) is 0 Å². The van der Waals surface area contributed by atoms with E-state index >= 15 is 0 Å². The van der Waals surface area contributed by atoms with Gasteiger partial charge in [0.2, 0.25) is 0 Å². The number of fused-ring (bicyclic) bond motifs is 1. The first kappa shape index (κ1) is 9.34. The highest BCUT2D eigenvalue weighted by Gasteiger charge is 2.13. The van der Waals surface area contributed by atoms with E-state index in [0.717, 1.165) is 12.1 Å². The predicted octanol–water partition coefficient (Wildman–Crippen LogP) is 3.49. The average molecular weight is 207 g/mol. The first-order chi connectivity index (χ1) is 7.83. The highest BCUT2D eigenvalue weighted by molar-refractivity contribution is 5.87. The Morgan fingerprint density at radius 1 is 1.06 bits per heavy atom. The van der Waals surface area contributed by atoms with Gasteiger partial charge in [-0.05, 0) is 35.8 Å². The van der Waals surface area contributed by atoms with E-state index in [2.05, 4.69) is 48.3 Å². The molecule has 0 amide bonds. The highest BCUT2D eigenvalue weighted by Crippen LogP contribution is 2.29. The van der Waals surface area contributed by atoms with Gasteiger partial charge in [-0.25, -0.2) is 0 Å². The van der Waals surface area contributed by atoms with Crippen molar-refractivity contribution < 1.29 is 0 Å². The zero-order valence-electron chi connectivity index (χ0n) is 9.27. The maximum atomic E-state index is 4.38. The van der Waals surface area contributed by atoms with E-state index < -0.39 is 0 Å². The summed E-state index contributed by atoms with van der Waals surface area (Å²) in [5.74, 6) is 0. The number of aromatic nitrogens is 1. The van der Waals surface area contributed by atoms with Crippen molar-refractivity contribution in [2.75, 3.05) is 0 Å². The van der Waals surface area contributed by atoms with Crippen molar-refractivity contribution >= 4 is 11.6 Å². The van der Waals surface area contributed by atoms with Gasteiger partial charge in [-0.2, -0.15) is 0 Å². The standard InChI is InChI=1S/C15H13N/c1-11-4-6-12(7-5-11)14-9-13-3-2-8-16-15(13)10-14/h2-8,10H,9H2,1H3. The van der Waals surface area contributed by atoms with Crippen molar-refractivity contribution in [1.29, 1.82) is 0 Å². The molecule has 1 aliphatic carbocycles. The molecule has 0 saturated heterocycles. The summed E-state index contributed by atoms with van der Waals surface area (Å²) in [6.07, 6.45) is 5.06. The molecule has 1 heterocycles. The molecule has 0 fully saturated rings. The van der Waals surface area contributed by atoms with Crippen LogP contribution in [0, 0.1) is 6.92 Å². The Bertz CT molecular complexity index is 550. The summed E-state index contributed by atoms with van der Waals surface area (Å²) in [6, 6.07) is 12.9. The Morgan fingerprint density at radius 3 is 2.62 bits per heavy atom. The largest absolute Gasteiger partial charge is 0.257 e. The van der Waals surface area contributed by atoms with Gasteiger partial charge in [-0.1, -0.05) is 35.9 Å². The number of allylic oxidation sites excluding steroid dienone is 1. The van der Waals surface area contributed by atoms with Crippen LogP contribution in [-0.2, 0) is 6.42 Å². The summed E-state index contributed by atoms with van der Waals surface area (Å²) in [5.41, 5.74) is 6.44. The molecule has 1 aromatic carbocycles. The second kappa shape index (κ2) is 3.60. The quantitative estimate of drug-likeness (QED) is 0.697. The van der Waals surface area contributed by atoms with Crippen LogP contribution in [0.5, 0.6) is 0 Å². The minimum atomic E-state index is 1.01. The lowest BCUT2D eigenvalue weighted by Crippen LogP contribution is -1.86. The summed E-state index contributed by atoms with van der Waals surface area (Å²) in [6.45, 7) is 2.11. The van der Waals surface area contributed by atoms with Crippen LogP contribution in [0.2, 0.25) is 0 Å². The molecule has 2 aromatic rings. The molecule has 0 unspecified atom stereocenters. The number of aryl methyl sites for hydroxylation is 1. The van der Waals surface area contributed by atoms with E-state index in [1.54, 1.807) is 0 Å². The van der Waals surface area contributed by atoms with Crippen molar-refractivity contribution in [1.82, 2.24) is 4.98 Å². The Balaban J connectivity index is 1.98. The lowest BCUT2D eigenvalue weighted by atomic mass is 10.0. The first-order valence-electron chi connectivity index (χ1n) is 5.54. The molecule has 3 rings (SSSR count). The SMILES string of the molecule is Cc1ccc(C2=Cc3ncccc3C2)cc1. The fourth-order valence-electron chi connectivity index (χ4n) is 2.10. The normalized spacial score (nSPS) is 13.4. The Labute approximate surface area is 95.5 Å². The van der Waals surface area contributed by atoms with Gasteiger partial charge in [0, 0.05) is 12.6 Å². The number of hydrogen-bond acceptors (Lipinski definition) is 1. The number of benzene rings is 1. The van der Waals surface area contributed by atoms with Crippen LogP contribution >= 0.6 is 0 Å². The van der Waals surface area contributed by atoms with E-state index in [-0.39, 0.29) is 0 Å². The fraction of sp³-hybridized carbons (Fsp3) is 0.133. The van der Waals surface area contributed by atoms with Crippen molar-refractivity contribution in [3.05, 3.63) is 65.0 Å². The smallest absolute Gasteiger partial charge is 0.0668 e. The summed E-state index contributed by atoms with van der Waals surface area (Å²) >= 11 is 0. The average Bonchev–Trinajstić information content (AvgIpc) is 2.73. The number of rotatable bonds is 1. The van der Waals surface area contributed by atoms with Gasteiger partial charge in [-0.15, -0.1) is 0 Å². The Hall–Kier alpha value is -1.89. The minimum absolute atomic E-state index is 1.01. The van der Waals surface area contributed by atoms with Crippen molar-refractivity contribution in [2.45, 2.75) is 13.3 Å². The van der Waals surface area contributed by atoms with Gasteiger partial charge < -0.3 is 0 Å². The Kier molecular flexibility index (Phi) is 2.10. The second-order valence-electron chi connectivity index (χ2n) is 4.26. The number of hydrogen-bond donors (Lipinski definition) is 0. The summed E-state index contributed by atoms with van der Waals surface area (Å²) < 4.78 is 0. The molecule has 1 heteroatoms. The van der Waals surface area contributed by atoms with E-state index in [1.807, 2.05) is 12.3 Å². The van der Waals surface area contributed by atoms with Crippen molar-refractivity contribution in [3.8, 4) is 0 Å². The third-order valence-corrected chi connectivity index (χ3v) is 3.04. The Morgan fingerprint density at radius 2 is 1.88 bits per heavy atom. The molecular weight excluding hydrogens is 194 g/mol. The number of pyridine rings is 1. The van der Waals surface area contributed by atoms with Crippen LogP contribution in [0.25, 0.3) is 11.6 Å². The summed E-state index contributed by atoms with van der Waals surface area (Å²) in [7, 11) is 0. The molecule has 16 heavy (non-hydrogen) atoms. The molecule has 0 N–H and O–H groups in total. The molecule has 0 radical (unpaired) electrons. The van der Waals surface area contributed by atoms with E-state index in [4.69, 9.17) is 0 Å². The third kappa shape index (κ3) is 1.54.